The maximum Gasteiger partial charge on any atom is 0.165 e. The van der Waals surface area contributed by atoms with Crippen molar-refractivity contribution >= 4 is 17.4 Å². The normalized spacial score (nSPS) is 17.7. The summed E-state index contributed by atoms with van der Waals surface area (Å²) < 4.78 is 0. The quantitative estimate of drug-likeness (QED) is 0.771. The predicted octanol–water partition coefficient (Wildman–Crippen LogP) is 4.18. The van der Waals surface area contributed by atoms with E-state index in [1.165, 1.54) is 32.1 Å². The lowest BCUT2D eigenvalue weighted by atomic mass is 10.1. The molecule has 0 spiro atoms. The third-order valence-electron chi connectivity index (χ3n) is 3.78. The van der Waals surface area contributed by atoms with E-state index in [4.69, 9.17) is 11.6 Å². The zero-order valence-corrected chi connectivity index (χ0v) is 12.2. The Morgan fingerprint density at radius 1 is 1.05 bits per heavy atom. The van der Waals surface area contributed by atoms with E-state index in [2.05, 4.69) is 4.90 Å². The Bertz CT molecular complexity index is 411. The van der Waals surface area contributed by atoms with Gasteiger partial charge in [-0.25, -0.2) is 0 Å². The molecular formula is C16H22ClNO. The van der Waals surface area contributed by atoms with Gasteiger partial charge < -0.3 is 4.90 Å². The molecule has 0 bridgehead atoms. The Labute approximate surface area is 120 Å². The van der Waals surface area contributed by atoms with E-state index in [1.54, 1.807) is 6.07 Å². The van der Waals surface area contributed by atoms with Gasteiger partial charge in [0.25, 0.3) is 0 Å². The van der Waals surface area contributed by atoms with Crippen LogP contribution < -0.4 is 0 Å². The van der Waals surface area contributed by atoms with E-state index in [-0.39, 0.29) is 5.78 Å². The van der Waals surface area contributed by atoms with Gasteiger partial charge in [0, 0.05) is 18.5 Å². The molecule has 0 amide bonds. The molecule has 0 radical (unpaired) electrons. The molecule has 3 heteroatoms. The number of hydrogen-bond donors (Lipinski definition) is 0. The molecule has 2 rings (SSSR count). The molecule has 19 heavy (non-hydrogen) atoms. The van der Waals surface area contributed by atoms with E-state index >= 15 is 0 Å². The van der Waals surface area contributed by atoms with Crippen LogP contribution in [0.2, 0.25) is 5.02 Å². The number of likely N-dealkylation sites (tertiary alicyclic amines) is 1. The SMILES string of the molecule is O=C(CCN1CCCCCCC1)c1ccccc1Cl. The Hall–Kier alpha value is -0.860. The summed E-state index contributed by atoms with van der Waals surface area (Å²) in [6.45, 7) is 3.13. The van der Waals surface area contributed by atoms with Gasteiger partial charge in [-0.2, -0.15) is 0 Å². The molecule has 0 unspecified atom stereocenters. The van der Waals surface area contributed by atoms with Crippen LogP contribution in [-0.2, 0) is 0 Å². The smallest absolute Gasteiger partial charge is 0.165 e. The number of benzene rings is 1. The van der Waals surface area contributed by atoms with Gasteiger partial charge in [0.15, 0.2) is 5.78 Å². The summed E-state index contributed by atoms with van der Waals surface area (Å²) in [6, 6.07) is 7.33. The van der Waals surface area contributed by atoms with Crippen LogP contribution in [0.1, 0.15) is 48.9 Å². The second-order valence-electron chi connectivity index (χ2n) is 5.26. The van der Waals surface area contributed by atoms with Crippen molar-refractivity contribution in [1.29, 1.82) is 0 Å². The topological polar surface area (TPSA) is 20.3 Å². The summed E-state index contributed by atoms with van der Waals surface area (Å²) in [5.74, 6) is 0.160. The van der Waals surface area contributed by atoms with Crippen molar-refractivity contribution in [2.45, 2.75) is 38.5 Å². The van der Waals surface area contributed by atoms with Crippen LogP contribution in [0.5, 0.6) is 0 Å². The second-order valence-corrected chi connectivity index (χ2v) is 5.67. The van der Waals surface area contributed by atoms with E-state index in [9.17, 15) is 4.79 Å². The monoisotopic (exact) mass is 279 g/mol. The van der Waals surface area contributed by atoms with Crippen molar-refractivity contribution < 1.29 is 4.79 Å². The van der Waals surface area contributed by atoms with Gasteiger partial charge in [0.1, 0.15) is 0 Å². The zero-order chi connectivity index (χ0) is 13.5. The lowest BCUT2D eigenvalue weighted by Crippen LogP contribution is -2.29. The predicted molar refractivity (Wildman–Crippen MR) is 79.9 cm³/mol. The lowest BCUT2D eigenvalue weighted by Gasteiger charge is -2.24. The largest absolute Gasteiger partial charge is 0.303 e. The minimum Gasteiger partial charge on any atom is -0.303 e. The maximum absolute atomic E-state index is 12.2. The number of ketones is 1. The van der Waals surface area contributed by atoms with Gasteiger partial charge in [0.2, 0.25) is 0 Å². The molecule has 0 aliphatic carbocycles. The highest BCUT2D eigenvalue weighted by atomic mass is 35.5. The number of carbonyl (C=O) groups excluding carboxylic acids is 1. The first-order chi connectivity index (χ1) is 9.27. The highest BCUT2D eigenvalue weighted by Gasteiger charge is 2.13. The fourth-order valence-corrected chi connectivity index (χ4v) is 2.86. The summed E-state index contributed by atoms with van der Waals surface area (Å²) in [5.41, 5.74) is 0.663. The first kappa shape index (κ1) is 14.5. The van der Waals surface area contributed by atoms with E-state index in [0.29, 0.717) is 17.0 Å². The summed E-state index contributed by atoms with van der Waals surface area (Å²) in [4.78, 5) is 14.6. The van der Waals surface area contributed by atoms with Crippen LogP contribution in [0.4, 0.5) is 0 Å². The highest BCUT2D eigenvalue weighted by Crippen LogP contribution is 2.17. The molecule has 1 saturated heterocycles. The molecule has 104 valence electrons. The van der Waals surface area contributed by atoms with Crippen LogP contribution in [0.25, 0.3) is 0 Å². The summed E-state index contributed by atoms with van der Waals surface area (Å²) in [7, 11) is 0. The van der Waals surface area contributed by atoms with Crippen LogP contribution >= 0.6 is 11.6 Å². The number of halogens is 1. The third kappa shape index (κ3) is 4.63. The zero-order valence-electron chi connectivity index (χ0n) is 11.4. The van der Waals surface area contributed by atoms with Gasteiger partial charge in [-0.15, -0.1) is 0 Å². The van der Waals surface area contributed by atoms with Crippen LogP contribution in [0.15, 0.2) is 24.3 Å². The Kier molecular flexibility index (Phi) is 5.87. The molecule has 1 aliphatic rings. The highest BCUT2D eigenvalue weighted by molar-refractivity contribution is 6.33. The number of hydrogen-bond acceptors (Lipinski definition) is 2. The van der Waals surface area contributed by atoms with E-state index in [0.717, 1.165) is 19.6 Å². The van der Waals surface area contributed by atoms with Crippen molar-refractivity contribution in [2.75, 3.05) is 19.6 Å². The molecule has 2 nitrogen and oxygen atoms in total. The molecule has 1 aromatic carbocycles. The van der Waals surface area contributed by atoms with Crippen LogP contribution in [0, 0.1) is 0 Å². The second kappa shape index (κ2) is 7.66. The van der Waals surface area contributed by atoms with Crippen LogP contribution in [-0.4, -0.2) is 30.3 Å². The average Bonchev–Trinajstić information content (AvgIpc) is 2.37. The standard InChI is InChI=1S/C16H22ClNO/c17-15-9-5-4-8-14(15)16(19)10-13-18-11-6-2-1-3-7-12-18/h4-5,8-9H,1-3,6-7,10-13H2. The Morgan fingerprint density at radius 3 is 2.37 bits per heavy atom. The Balaban J connectivity index is 1.84. The van der Waals surface area contributed by atoms with Gasteiger partial charge in [-0.05, 0) is 38.1 Å². The van der Waals surface area contributed by atoms with Gasteiger partial charge in [-0.1, -0.05) is 43.0 Å². The first-order valence-corrected chi connectivity index (χ1v) is 7.65. The van der Waals surface area contributed by atoms with Crippen molar-refractivity contribution in [3.63, 3.8) is 0 Å². The summed E-state index contributed by atoms with van der Waals surface area (Å²) >= 11 is 6.05. The number of rotatable bonds is 4. The fraction of sp³-hybridized carbons (Fsp3) is 0.562. The average molecular weight is 280 g/mol. The van der Waals surface area contributed by atoms with Gasteiger partial charge >= 0.3 is 0 Å². The lowest BCUT2D eigenvalue weighted by molar-refractivity contribution is 0.0962. The van der Waals surface area contributed by atoms with Crippen LogP contribution in [0.3, 0.4) is 0 Å². The summed E-state index contributed by atoms with van der Waals surface area (Å²) in [5, 5.41) is 0.570. The molecule has 0 N–H and O–H groups in total. The molecule has 1 aliphatic heterocycles. The maximum atomic E-state index is 12.2. The molecule has 0 saturated carbocycles. The van der Waals surface area contributed by atoms with Gasteiger partial charge in [-0.3, -0.25) is 4.79 Å². The van der Waals surface area contributed by atoms with Crippen molar-refractivity contribution in [3.8, 4) is 0 Å². The minimum atomic E-state index is 0.160. The first-order valence-electron chi connectivity index (χ1n) is 7.27. The summed E-state index contributed by atoms with van der Waals surface area (Å²) in [6.07, 6.45) is 7.13. The van der Waals surface area contributed by atoms with Crippen molar-refractivity contribution in [3.05, 3.63) is 34.9 Å². The fourth-order valence-electron chi connectivity index (χ4n) is 2.62. The van der Waals surface area contributed by atoms with E-state index in [1.807, 2.05) is 18.2 Å². The number of carbonyl (C=O) groups is 1. The van der Waals surface area contributed by atoms with Crippen molar-refractivity contribution in [1.82, 2.24) is 4.90 Å². The molecule has 1 fully saturated rings. The minimum absolute atomic E-state index is 0.160. The molecule has 0 atom stereocenters. The van der Waals surface area contributed by atoms with Crippen molar-refractivity contribution in [2.24, 2.45) is 0 Å². The third-order valence-corrected chi connectivity index (χ3v) is 4.11. The van der Waals surface area contributed by atoms with Gasteiger partial charge in [0.05, 0.1) is 5.02 Å². The Morgan fingerprint density at radius 2 is 1.68 bits per heavy atom. The number of nitrogens with zero attached hydrogens (tertiary/aromatic N) is 1. The molecule has 1 aromatic rings. The molecular weight excluding hydrogens is 258 g/mol. The number of Topliss-reactive ketones (excluding diaryl/α,β-unsaturated/α-hetero) is 1. The molecule has 0 aromatic heterocycles. The van der Waals surface area contributed by atoms with E-state index < -0.39 is 0 Å². The molecule has 1 heterocycles.